The van der Waals surface area contributed by atoms with Crippen LogP contribution < -0.4 is 5.01 Å². The lowest BCUT2D eigenvalue weighted by atomic mass is 10.1. The Bertz CT molecular complexity index is 686. The van der Waals surface area contributed by atoms with Crippen LogP contribution in [0.3, 0.4) is 0 Å². The number of thioether (sulfide) groups is 1. The normalized spacial score (nSPS) is 17.7. The molecule has 136 valence electrons. The summed E-state index contributed by atoms with van der Waals surface area (Å²) in [5.41, 5.74) is 1.19. The van der Waals surface area contributed by atoms with Gasteiger partial charge >= 0.3 is 7.60 Å². The molecule has 0 amide bonds. The Morgan fingerprint density at radius 1 is 1.36 bits per heavy atom. The first-order chi connectivity index (χ1) is 12.0. The maximum absolute atomic E-state index is 13.0. The van der Waals surface area contributed by atoms with Gasteiger partial charge < -0.3 is 9.05 Å². The van der Waals surface area contributed by atoms with E-state index in [4.69, 9.17) is 21.3 Å². The van der Waals surface area contributed by atoms with Gasteiger partial charge in [0.15, 0.2) is 9.77 Å². The van der Waals surface area contributed by atoms with Crippen LogP contribution in [-0.2, 0) is 13.6 Å². The predicted octanol–water partition coefficient (Wildman–Crippen LogP) is 5.30. The first kappa shape index (κ1) is 20.3. The van der Waals surface area contributed by atoms with Gasteiger partial charge in [0.05, 0.1) is 5.69 Å². The highest BCUT2D eigenvalue weighted by molar-refractivity contribution is 8.22. The van der Waals surface area contributed by atoms with E-state index in [1.54, 1.807) is 5.01 Å². The summed E-state index contributed by atoms with van der Waals surface area (Å²) in [4.78, 5) is 0. The van der Waals surface area contributed by atoms with E-state index in [9.17, 15) is 4.57 Å². The Hall–Kier alpha value is -0.980. The minimum atomic E-state index is -3.46. The molecule has 2 rings (SSSR count). The number of hydrogen-bond donors (Lipinski definition) is 0. The van der Waals surface area contributed by atoms with Crippen LogP contribution in [0.5, 0.6) is 0 Å². The van der Waals surface area contributed by atoms with Crippen LogP contribution in [0, 0.1) is 5.92 Å². The number of thiocarbonyl (C=S) groups is 1. The molecule has 1 aromatic carbocycles. The summed E-state index contributed by atoms with van der Waals surface area (Å²) >= 11 is 6.85. The molecule has 1 aromatic rings. The van der Waals surface area contributed by atoms with Gasteiger partial charge in [-0.05, 0) is 37.1 Å². The van der Waals surface area contributed by atoms with Crippen LogP contribution in [0.2, 0.25) is 0 Å². The van der Waals surface area contributed by atoms with Gasteiger partial charge in [0.1, 0.15) is 0 Å². The highest BCUT2D eigenvalue weighted by Crippen LogP contribution is 2.51. The van der Waals surface area contributed by atoms with Crippen molar-refractivity contribution in [3.63, 3.8) is 0 Å². The smallest absolute Gasteiger partial charge is 0.308 e. The largest absolute Gasteiger partial charge is 0.376 e. The fraction of sp³-hybridized carbons (Fsp3) is 0.412. The summed E-state index contributed by atoms with van der Waals surface area (Å²) in [6.07, 6.45) is 8.69. The van der Waals surface area contributed by atoms with E-state index in [0.717, 1.165) is 18.5 Å². The van der Waals surface area contributed by atoms with Gasteiger partial charge in [-0.2, -0.15) is 5.10 Å². The van der Waals surface area contributed by atoms with Crippen molar-refractivity contribution in [1.82, 2.24) is 0 Å². The van der Waals surface area contributed by atoms with E-state index in [1.807, 2.05) is 36.6 Å². The van der Waals surface area contributed by atoms with E-state index in [0.29, 0.717) is 16.2 Å². The SMILES string of the molecule is COP(=O)(OC)/C(CC1C=CCC1)=N/N(C(=S)SC)c1ccccc1. The number of allylic oxidation sites excluding steroid dienone is 2. The Balaban J connectivity index is 2.45. The molecule has 0 saturated heterocycles. The lowest BCUT2D eigenvalue weighted by Gasteiger charge is -2.24. The maximum Gasteiger partial charge on any atom is 0.376 e. The number of hydrogen-bond acceptors (Lipinski definition) is 6. The van der Waals surface area contributed by atoms with Gasteiger partial charge in [0.2, 0.25) is 0 Å². The molecule has 25 heavy (non-hydrogen) atoms. The van der Waals surface area contributed by atoms with Gasteiger partial charge in [-0.15, -0.1) is 0 Å². The van der Waals surface area contributed by atoms with Gasteiger partial charge in [0, 0.05) is 20.6 Å². The quantitative estimate of drug-likeness (QED) is 0.204. The number of para-hydroxylation sites is 1. The molecule has 0 spiro atoms. The molecule has 0 aromatic heterocycles. The van der Waals surface area contributed by atoms with Crippen LogP contribution in [0.1, 0.15) is 19.3 Å². The first-order valence-corrected chi connectivity index (χ1v) is 11.1. The molecular weight excluding hydrogens is 375 g/mol. The molecule has 1 unspecified atom stereocenters. The van der Waals surface area contributed by atoms with E-state index >= 15 is 0 Å². The average molecular weight is 398 g/mol. The molecule has 0 saturated carbocycles. The minimum absolute atomic E-state index is 0.276. The van der Waals surface area contributed by atoms with Gasteiger partial charge in [-0.25, -0.2) is 5.01 Å². The number of nitrogens with zero attached hydrogens (tertiary/aromatic N) is 2. The average Bonchev–Trinajstić information content (AvgIpc) is 3.17. The van der Waals surface area contributed by atoms with Crippen molar-refractivity contribution in [2.45, 2.75) is 19.3 Å². The lowest BCUT2D eigenvalue weighted by molar-refractivity contribution is 0.289. The minimum Gasteiger partial charge on any atom is -0.308 e. The van der Waals surface area contributed by atoms with Crippen LogP contribution in [0.4, 0.5) is 5.69 Å². The number of benzene rings is 1. The van der Waals surface area contributed by atoms with Crippen molar-refractivity contribution in [3.8, 4) is 0 Å². The highest BCUT2D eigenvalue weighted by Gasteiger charge is 2.33. The molecule has 1 aliphatic carbocycles. The Kier molecular flexibility index (Phi) is 7.84. The molecule has 0 N–H and O–H groups in total. The molecule has 0 fully saturated rings. The Morgan fingerprint density at radius 3 is 2.56 bits per heavy atom. The number of hydrazone groups is 1. The summed E-state index contributed by atoms with van der Waals surface area (Å²) in [7, 11) is -0.705. The Morgan fingerprint density at radius 2 is 2.04 bits per heavy atom. The zero-order valence-electron chi connectivity index (χ0n) is 14.6. The summed E-state index contributed by atoms with van der Waals surface area (Å²) < 4.78 is 24.0. The second kappa shape index (κ2) is 9.64. The third-order valence-electron chi connectivity index (χ3n) is 3.92. The van der Waals surface area contributed by atoms with E-state index < -0.39 is 7.60 Å². The van der Waals surface area contributed by atoms with Gasteiger partial charge in [-0.1, -0.05) is 54.3 Å². The summed E-state index contributed by atoms with van der Waals surface area (Å²) in [6, 6.07) is 9.55. The predicted molar refractivity (Wildman–Crippen MR) is 111 cm³/mol. The van der Waals surface area contributed by atoms with Gasteiger partial charge in [-0.3, -0.25) is 4.57 Å². The van der Waals surface area contributed by atoms with E-state index in [-0.39, 0.29) is 5.92 Å². The van der Waals surface area contributed by atoms with Crippen molar-refractivity contribution < 1.29 is 13.6 Å². The van der Waals surface area contributed by atoms with Crippen LogP contribution in [0.25, 0.3) is 0 Å². The van der Waals surface area contributed by atoms with E-state index in [1.165, 1.54) is 26.0 Å². The lowest BCUT2D eigenvalue weighted by Crippen LogP contribution is -2.24. The molecule has 8 heteroatoms. The van der Waals surface area contributed by atoms with Crippen molar-refractivity contribution >= 4 is 47.0 Å². The molecule has 1 atom stereocenters. The molecular formula is C17H23N2O3PS2. The molecule has 0 heterocycles. The molecule has 1 aliphatic rings. The third kappa shape index (κ3) is 5.25. The van der Waals surface area contributed by atoms with E-state index in [2.05, 4.69) is 17.3 Å². The number of anilines is 1. The first-order valence-electron chi connectivity index (χ1n) is 7.93. The molecule has 5 nitrogen and oxygen atoms in total. The van der Waals surface area contributed by atoms with Crippen molar-refractivity contribution in [1.29, 1.82) is 0 Å². The fourth-order valence-electron chi connectivity index (χ4n) is 2.57. The topological polar surface area (TPSA) is 51.1 Å². The summed E-state index contributed by atoms with van der Waals surface area (Å²) in [6.45, 7) is 0. The second-order valence-corrected chi connectivity index (χ2v) is 9.15. The summed E-state index contributed by atoms with van der Waals surface area (Å²) in [5.74, 6) is 0.276. The standard InChI is InChI=1S/C17H23N2O3PS2/c1-21-23(20,22-2)16(13-14-9-7-8-10-14)18-19(17(24)25-3)15-11-5-4-6-12-15/h4-7,9,11-12,14H,8,10,13H2,1-3H3/b18-16+. The third-order valence-corrected chi connectivity index (χ3v) is 6.98. The Labute approximate surface area is 159 Å². The molecule has 0 aliphatic heterocycles. The van der Waals surface area contributed by atoms with Gasteiger partial charge in [0.25, 0.3) is 0 Å². The van der Waals surface area contributed by atoms with Crippen molar-refractivity contribution in [2.75, 3.05) is 25.5 Å². The van der Waals surface area contributed by atoms with Crippen molar-refractivity contribution in [3.05, 3.63) is 42.5 Å². The second-order valence-electron chi connectivity index (χ2n) is 5.47. The zero-order chi connectivity index (χ0) is 18.3. The van der Waals surface area contributed by atoms with Crippen LogP contribution >= 0.6 is 31.6 Å². The van der Waals surface area contributed by atoms with Crippen LogP contribution in [-0.4, -0.2) is 30.2 Å². The fourth-order valence-corrected chi connectivity index (χ4v) is 4.26. The van der Waals surface area contributed by atoms with Crippen LogP contribution in [0.15, 0.2) is 47.6 Å². The van der Waals surface area contributed by atoms with Crippen molar-refractivity contribution in [2.24, 2.45) is 11.0 Å². The zero-order valence-corrected chi connectivity index (χ0v) is 17.2. The summed E-state index contributed by atoms with van der Waals surface area (Å²) in [5, 5.41) is 6.26. The molecule has 0 bridgehead atoms. The monoisotopic (exact) mass is 398 g/mol. The highest BCUT2D eigenvalue weighted by atomic mass is 32.2. The number of rotatable bonds is 7. The molecule has 0 radical (unpaired) electrons. The maximum atomic E-state index is 13.0.